The fourth-order valence-corrected chi connectivity index (χ4v) is 1.68. The van der Waals surface area contributed by atoms with Crippen LogP contribution in [0.4, 0.5) is 11.5 Å². The van der Waals surface area contributed by atoms with Crippen LogP contribution in [0.15, 0.2) is 41.2 Å². The van der Waals surface area contributed by atoms with Gasteiger partial charge in [0.25, 0.3) is 11.6 Å². The number of nitrogen functional groups attached to an aromatic ring is 1. The molecule has 104 valence electrons. The quantitative estimate of drug-likeness (QED) is 0.567. The van der Waals surface area contributed by atoms with Crippen molar-refractivity contribution in [1.82, 2.24) is 20.1 Å². The van der Waals surface area contributed by atoms with Crippen molar-refractivity contribution >= 4 is 11.5 Å². The molecular formula is C12H8N6O3. The lowest BCUT2D eigenvalue weighted by atomic mass is 10.2. The van der Waals surface area contributed by atoms with Gasteiger partial charge in [-0.1, -0.05) is 5.16 Å². The zero-order valence-corrected chi connectivity index (χ0v) is 10.5. The smallest absolute Gasteiger partial charge is 0.280 e. The van der Waals surface area contributed by atoms with Gasteiger partial charge in [0.15, 0.2) is 11.5 Å². The highest BCUT2D eigenvalue weighted by Gasteiger charge is 2.15. The number of hydrogen-bond acceptors (Lipinski definition) is 8. The highest BCUT2D eigenvalue weighted by molar-refractivity contribution is 5.64. The third kappa shape index (κ3) is 2.39. The first kappa shape index (κ1) is 12.7. The average Bonchev–Trinajstić information content (AvgIpc) is 2.97. The van der Waals surface area contributed by atoms with Crippen LogP contribution in [0.3, 0.4) is 0 Å². The Balaban J connectivity index is 1.95. The maximum atomic E-state index is 10.6. The zero-order chi connectivity index (χ0) is 14.8. The van der Waals surface area contributed by atoms with Crippen molar-refractivity contribution in [1.29, 1.82) is 0 Å². The summed E-state index contributed by atoms with van der Waals surface area (Å²) in [5, 5.41) is 14.4. The molecule has 0 radical (unpaired) electrons. The van der Waals surface area contributed by atoms with E-state index in [1.54, 1.807) is 0 Å². The Morgan fingerprint density at radius 2 is 1.86 bits per heavy atom. The third-order valence-electron chi connectivity index (χ3n) is 2.69. The van der Waals surface area contributed by atoms with Gasteiger partial charge in [0.1, 0.15) is 0 Å². The topological polar surface area (TPSA) is 134 Å². The fourth-order valence-electron chi connectivity index (χ4n) is 1.68. The van der Waals surface area contributed by atoms with Crippen LogP contribution >= 0.6 is 0 Å². The largest absolute Gasteiger partial charge is 0.382 e. The number of rotatable bonds is 3. The van der Waals surface area contributed by atoms with Gasteiger partial charge in [-0.05, 0) is 12.1 Å². The first-order valence-corrected chi connectivity index (χ1v) is 5.80. The Labute approximate surface area is 117 Å². The van der Waals surface area contributed by atoms with Gasteiger partial charge in [0, 0.05) is 30.1 Å². The first-order chi connectivity index (χ1) is 10.1. The second-order valence-corrected chi connectivity index (χ2v) is 4.02. The van der Waals surface area contributed by atoms with E-state index in [-0.39, 0.29) is 28.9 Å². The van der Waals surface area contributed by atoms with Crippen molar-refractivity contribution in [2.24, 2.45) is 0 Å². The number of nitro groups is 1. The van der Waals surface area contributed by atoms with E-state index < -0.39 is 4.92 Å². The SMILES string of the molecule is Nc1nccnc1-c1nc(-c2ccc([N+](=O)[O-])cc2)no1. The second-order valence-electron chi connectivity index (χ2n) is 4.02. The first-order valence-electron chi connectivity index (χ1n) is 5.80. The molecule has 0 unspecified atom stereocenters. The minimum Gasteiger partial charge on any atom is -0.382 e. The number of hydrogen-bond donors (Lipinski definition) is 1. The molecule has 0 atom stereocenters. The minimum absolute atomic E-state index is 0.0133. The highest BCUT2D eigenvalue weighted by Crippen LogP contribution is 2.24. The molecule has 0 saturated heterocycles. The molecule has 0 amide bonds. The Morgan fingerprint density at radius 3 is 2.52 bits per heavy atom. The van der Waals surface area contributed by atoms with Gasteiger partial charge in [0.2, 0.25) is 5.82 Å². The number of benzene rings is 1. The lowest BCUT2D eigenvalue weighted by Gasteiger charge is -1.96. The number of non-ortho nitro benzene ring substituents is 1. The molecule has 2 aromatic heterocycles. The highest BCUT2D eigenvalue weighted by atomic mass is 16.6. The van der Waals surface area contributed by atoms with Crippen LogP contribution in [0.5, 0.6) is 0 Å². The number of anilines is 1. The second kappa shape index (κ2) is 4.96. The van der Waals surface area contributed by atoms with E-state index in [2.05, 4.69) is 20.1 Å². The van der Waals surface area contributed by atoms with Crippen LogP contribution in [-0.2, 0) is 0 Å². The Hall–Kier alpha value is -3.36. The van der Waals surface area contributed by atoms with Crippen LogP contribution in [0.25, 0.3) is 23.0 Å². The molecule has 0 fully saturated rings. The molecule has 0 bridgehead atoms. The Kier molecular flexibility index (Phi) is 2.99. The van der Waals surface area contributed by atoms with Crippen LogP contribution in [0, 0.1) is 10.1 Å². The molecule has 1 aromatic carbocycles. The summed E-state index contributed by atoms with van der Waals surface area (Å²) in [6.45, 7) is 0. The normalized spacial score (nSPS) is 10.5. The molecule has 0 aliphatic heterocycles. The van der Waals surface area contributed by atoms with Gasteiger partial charge in [-0.2, -0.15) is 4.98 Å². The summed E-state index contributed by atoms with van der Waals surface area (Å²) in [7, 11) is 0. The number of nitrogens with zero attached hydrogens (tertiary/aromatic N) is 5. The average molecular weight is 284 g/mol. The van der Waals surface area contributed by atoms with Crippen LogP contribution in [0.1, 0.15) is 0 Å². The van der Waals surface area contributed by atoms with Crippen molar-refractivity contribution in [3.05, 3.63) is 46.8 Å². The van der Waals surface area contributed by atoms with Gasteiger partial charge in [-0.15, -0.1) is 0 Å². The van der Waals surface area contributed by atoms with E-state index in [0.717, 1.165) is 0 Å². The lowest BCUT2D eigenvalue weighted by molar-refractivity contribution is -0.384. The van der Waals surface area contributed by atoms with Crippen LogP contribution in [-0.4, -0.2) is 25.0 Å². The van der Waals surface area contributed by atoms with E-state index in [4.69, 9.17) is 10.3 Å². The van der Waals surface area contributed by atoms with Crippen molar-refractivity contribution in [3.8, 4) is 23.0 Å². The van der Waals surface area contributed by atoms with E-state index in [1.165, 1.54) is 36.7 Å². The van der Waals surface area contributed by atoms with Gasteiger partial charge >= 0.3 is 0 Å². The van der Waals surface area contributed by atoms with Gasteiger partial charge in [-0.3, -0.25) is 10.1 Å². The summed E-state index contributed by atoms with van der Waals surface area (Å²) in [4.78, 5) is 22.2. The van der Waals surface area contributed by atoms with Crippen molar-refractivity contribution in [2.45, 2.75) is 0 Å². The molecule has 2 N–H and O–H groups in total. The van der Waals surface area contributed by atoms with Crippen molar-refractivity contribution in [3.63, 3.8) is 0 Å². The number of nitro benzene ring substituents is 1. The number of aromatic nitrogens is 4. The Bertz CT molecular complexity index is 799. The summed E-state index contributed by atoms with van der Waals surface area (Å²) >= 11 is 0. The fraction of sp³-hybridized carbons (Fsp3) is 0. The summed E-state index contributed by atoms with van der Waals surface area (Å²) in [6, 6.07) is 5.80. The summed E-state index contributed by atoms with van der Waals surface area (Å²) < 4.78 is 5.09. The summed E-state index contributed by atoms with van der Waals surface area (Å²) in [5.41, 5.74) is 6.54. The molecule has 2 heterocycles. The zero-order valence-electron chi connectivity index (χ0n) is 10.5. The third-order valence-corrected chi connectivity index (χ3v) is 2.69. The molecule has 0 aliphatic rings. The maximum absolute atomic E-state index is 10.6. The molecular weight excluding hydrogens is 276 g/mol. The van der Waals surface area contributed by atoms with Gasteiger partial charge in [-0.25, -0.2) is 9.97 Å². The molecule has 9 nitrogen and oxygen atoms in total. The Morgan fingerprint density at radius 1 is 1.14 bits per heavy atom. The van der Waals surface area contributed by atoms with Crippen molar-refractivity contribution < 1.29 is 9.45 Å². The van der Waals surface area contributed by atoms with Gasteiger partial charge in [0.05, 0.1) is 4.92 Å². The van der Waals surface area contributed by atoms with E-state index >= 15 is 0 Å². The minimum atomic E-state index is -0.480. The molecule has 3 rings (SSSR count). The summed E-state index contributed by atoms with van der Waals surface area (Å²) in [5.74, 6) is 0.593. The molecule has 0 saturated carbocycles. The van der Waals surface area contributed by atoms with E-state index in [9.17, 15) is 10.1 Å². The van der Waals surface area contributed by atoms with Crippen LogP contribution < -0.4 is 5.73 Å². The molecule has 0 spiro atoms. The predicted octanol–water partition coefficient (Wildman–Crippen LogP) is 1.68. The number of nitrogens with two attached hydrogens (primary N) is 1. The van der Waals surface area contributed by atoms with Crippen molar-refractivity contribution in [2.75, 3.05) is 5.73 Å². The lowest BCUT2D eigenvalue weighted by Crippen LogP contribution is -1.96. The monoisotopic (exact) mass is 284 g/mol. The van der Waals surface area contributed by atoms with E-state index in [0.29, 0.717) is 5.56 Å². The molecule has 21 heavy (non-hydrogen) atoms. The standard InChI is InChI=1S/C12H8N6O3/c13-10-9(14-5-6-15-10)12-16-11(17-21-12)7-1-3-8(4-2-7)18(19)20/h1-6H,(H2,13,15). The molecule has 3 aromatic rings. The molecule has 0 aliphatic carbocycles. The maximum Gasteiger partial charge on any atom is 0.280 e. The van der Waals surface area contributed by atoms with Crippen LogP contribution in [0.2, 0.25) is 0 Å². The van der Waals surface area contributed by atoms with E-state index in [1.807, 2.05) is 0 Å². The summed E-state index contributed by atoms with van der Waals surface area (Å²) in [6.07, 6.45) is 2.91. The predicted molar refractivity (Wildman–Crippen MR) is 71.8 cm³/mol. The van der Waals surface area contributed by atoms with Gasteiger partial charge < -0.3 is 10.3 Å². The molecule has 9 heteroatoms.